The summed E-state index contributed by atoms with van der Waals surface area (Å²) >= 11 is 0. The van der Waals surface area contributed by atoms with Crippen LogP contribution in [0.15, 0.2) is 18.2 Å². The molecule has 1 unspecified atom stereocenters. The zero-order valence-electron chi connectivity index (χ0n) is 11.4. The minimum absolute atomic E-state index is 0.237. The lowest BCUT2D eigenvalue weighted by atomic mass is 9.94. The average Bonchev–Trinajstić information content (AvgIpc) is 2.62. The van der Waals surface area contributed by atoms with Gasteiger partial charge in [0.15, 0.2) is 5.72 Å². The van der Waals surface area contributed by atoms with Crippen molar-refractivity contribution < 1.29 is 10.2 Å². The molecule has 2 N–H and O–H groups in total. The van der Waals surface area contributed by atoms with E-state index in [1.807, 2.05) is 7.05 Å². The molecule has 0 aromatic heterocycles. The number of allylic oxidation sites excluding steroid dienone is 1. The predicted molar refractivity (Wildman–Crippen MR) is 77.2 cm³/mol. The van der Waals surface area contributed by atoms with E-state index in [-0.39, 0.29) is 6.61 Å². The van der Waals surface area contributed by atoms with Gasteiger partial charge in [-0.25, -0.2) is 0 Å². The Bertz CT molecular complexity index is 524. The van der Waals surface area contributed by atoms with Gasteiger partial charge in [-0.1, -0.05) is 18.2 Å². The third kappa shape index (κ3) is 2.07. The van der Waals surface area contributed by atoms with E-state index >= 15 is 0 Å². The average molecular weight is 259 g/mol. The SMILES string of the molecule is CN1c2cc3c(cc2CC1(O)CO)CCCCC=C3. The number of aliphatic hydroxyl groups excluding tert-OH is 1. The Morgan fingerprint density at radius 1 is 1.26 bits per heavy atom. The van der Waals surface area contributed by atoms with Gasteiger partial charge < -0.3 is 15.1 Å². The van der Waals surface area contributed by atoms with Crippen molar-refractivity contribution >= 4 is 11.8 Å². The van der Waals surface area contributed by atoms with Crippen molar-refractivity contribution in [3.05, 3.63) is 34.9 Å². The van der Waals surface area contributed by atoms with Crippen molar-refractivity contribution in [3.8, 4) is 0 Å². The molecule has 0 saturated carbocycles. The zero-order valence-corrected chi connectivity index (χ0v) is 11.4. The van der Waals surface area contributed by atoms with Gasteiger partial charge in [-0.3, -0.25) is 0 Å². The first-order chi connectivity index (χ1) is 9.14. The van der Waals surface area contributed by atoms with Crippen LogP contribution in [0.1, 0.15) is 36.0 Å². The van der Waals surface area contributed by atoms with Gasteiger partial charge in [0.1, 0.15) is 0 Å². The molecule has 1 aromatic rings. The van der Waals surface area contributed by atoms with Crippen LogP contribution < -0.4 is 4.90 Å². The number of anilines is 1. The van der Waals surface area contributed by atoms with Gasteiger partial charge in [-0.15, -0.1) is 0 Å². The highest BCUT2D eigenvalue weighted by Gasteiger charge is 2.39. The topological polar surface area (TPSA) is 43.7 Å². The lowest BCUT2D eigenvalue weighted by Gasteiger charge is -2.30. The number of aliphatic hydroxyl groups is 2. The fourth-order valence-electron chi connectivity index (χ4n) is 3.12. The molecule has 3 heteroatoms. The molecule has 3 rings (SSSR count). The molecule has 19 heavy (non-hydrogen) atoms. The van der Waals surface area contributed by atoms with Gasteiger partial charge >= 0.3 is 0 Å². The molecule has 1 aliphatic carbocycles. The summed E-state index contributed by atoms with van der Waals surface area (Å²) in [4.78, 5) is 1.80. The summed E-state index contributed by atoms with van der Waals surface area (Å²) in [6.07, 6.45) is 9.65. The number of fused-ring (bicyclic) bond motifs is 2. The smallest absolute Gasteiger partial charge is 0.165 e. The molecule has 0 saturated heterocycles. The molecule has 3 nitrogen and oxygen atoms in total. The molecule has 1 aromatic carbocycles. The van der Waals surface area contributed by atoms with E-state index in [4.69, 9.17) is 0 Å². The van der Waals surface area contributed by atoms with Crippen LogP contribution >= 0.6 is 0 Å². The number of rotatable bonds is 1. The highest BCUT2D eigenvalue weighted by Crippen LogP contribution is 2.38. The molecule has 102 valence electrons. The van der Waals surface area contributed by atoms with E-state index in [2.05, 4.69) is 24.3 Å². The maximum absolute atomic E-state index is 10.4. The Hall–Kier alpha value is -1.32. The van der Waals surface area contributed by atoms with Gasteiger partial charge in [0, 0.05) is 19.2 Å². The van der Waals surface area contributed by atoms with Crippen LogP contribution in [0, 0.1) is 0 Å². The number of nitrogens with zero attached hydrogens (tertiary/aromatic N) is 1. The summed E-state index contributed by atoms with van der Waals surface area (Å²) in [6.45, 7) is -0.237. The van der Waals surface area contributed by atoms with E-state index in [0.717, 1.165) is 24.1 Å². The molecule has 0 spiro atoms. The second kappa shape index (κ2) is 4.66. The van der Waals surface area contributed by atoms with E-state index in [0.29, 0.717) is 6.42 Å². The number of likely N-dealkylation sites (N-methyl/N-ethyl adjacent to an activating group) is 1. The molecule has 0 fully saturated rings. The number of benzene rings is 1. The normalized spacial score (nSPS) is 25.7. The fraction of sp³-hybridized carbons (Fsp3) is 0.500. The standard InChI is InChI=1S/C16H21NO2/c1-17-15-9-13-7-5-3-2-4-6-12(13)8-14(15)10-16(17,19)11-18/h5,7-9,18-19H,2-4,6,10-11H2,1H3. The first-order valence-corrected chi connectivity index (χ1v) is 7.03. The second-order valence-corrected chi connectivity index (χ2v) is 5.70. The van der Waals surface area contributed by atoms with Crippen LogP contribution in [0.5, 0.6) is 0 Å². The third-order valence-electron chi connectivity index (χ3n) is 4.42. The van der Waals surface area contributed by atoms with Crippen LogP contribution in [0.3, 0.4) is 0 Å². The molecular formula is C16H21NO2. The zero-order chi connectivity index (χ0) is 13.5. The maximum atomic E-state index is 10.4. The lowest BCUT2D eigenvalue weighted by molar-refractivity contribution is -0.00534. The largest absolute Gasteiger partial charge is 0.391 e. The van der Waals surface area contributed by atoms with Crippen LogP contribution in [0.2, 0.25) is 0 Å². The van der Waals surface area contributed by atoms with Crippen molar-refractivity contribution in [2.75, 3.05) is 18.6 Å². The van der Waals surface area contributed by atoms with Gasteiger partial charge in [0.2, 0.25) is 0 Å². The van der Waals surface area contributed by atoms with E-state index in [9.17, 15) is 10.2 Å². The van der Waals surface area contributed by atoms with Crippen LogP contribution in [0.25, 0.3) is 6.08 Å². The van der Waals surface area contributed by atoms with E-state index in [1.165, 1.54) is 24.0 Å². The van der Waals surface area contributed by atoms with Crippen LogP contribution in [0.4, 0.5) is 5.69 Å². The summed E-state index contributed by atoms with van der Waals surface area (Å²) in [5, 5.41) is 19.8. The second-order valence-electron chi connectivity index (χ2n) is 5.70. The van der Waals surface area contributed by atoms with Gasteiger partial charge in [0.25, 0.3) is 0 Å². The third-order valence-corrected chi connectivity index (χ3v) is 4.42. The van der Waals surface area contributed by atoms with Gasteiger partial charge in [-0.05, 0) is 48.4 Å². The quantitative estimate of drug-likeness (QED) is 0.811. The highest BCUT2D eigenvalue weighted by molar-refractivity contribution is 5.69. The first-order valence-electron chi connectivity index (χ1n) is 7.03. The Morgan fingerprint density at radius 3 is 2.89 bits per heavy atom. The highest BCUT2D eigenvalue weighted by atomic mass is 16.4. The van der Waals surface area contributed by atoms with Crippen molar-refractivity contribution in [3.63, 3.8) is 0 Å². The molecular weight excluding hydrogens is 238 g/mol. The minimum Gasteiger partial charge on any atom is -0.391 e. The summed E-state index contributed by atoms with van der Waals surface area (Å²) < 4.78 is 0. The van der Waals surface area contributed by atoms with Gasteiger partial charge in [0.05, 0.1) is 6.61 Å². The fourth-order valence-corrected chi connectivity index (χ4v) is 3.12. The van der Waals surface area contributed by atoms with Crippen molar-refractivity contribution in [1.82, 2.24) is 0 Å². The number of hydrogen-bond acceptors (Lipinski definition) is 3. The van der Waals surface area contributed by atoms with Gasteiger partial charge in [-0.2, -0.15) is 0 Å². The van der Waals surface area contributed by atoms with Crippen molar-refractivity contribution in [2.45, 2.75) is 37.8 Å². The number of hydrogen-bond donors (Lipinski definition) is 2. The van der Waals surface area contributed by atoms with Crippen LogP contribution in [-0.4, -0.2) is 29.6 Å². The molecule has 1 heterocycles. The number of aryl methyl sites for hydroxylation is 1. The molecule has 1 atom stereocenters. The summed E-state index contributed by atoms with van der Waals surface area (Å²) in [7, 11) is 1.85. The minimum atomic E-state index is -1.14. The Labute approximate surface area is 114 Å². The molecule has 1 aliphatic heterocycles. The van der Waals surface area contributed by atoms with Crippen molar-refractivity contribution in [1.29, 1.82) is 0 Å². The monoisotopic (exact) mass is 259 g/mol. The molecule has 2 aliphatic rings. The molecule has 0 amide bonds. The Kier molecular flexibility index (Phi) is 3.11. The summed E-state index contributed by atoms with van der Waals surface area (Å²) in [5.74, 6) is 0. The first kappa shape index (κ1) is 12.7. The van der Waals surface area contributed by atoms with Crippen molar-refractivity contribution in [2.24, 2.45) is 0 Å². The predicted octanol–water partition coefficient (Wildman–Crippen LogP) is 2.10. The summed E-state index contributed by atoms with van der Waals surface area (Å²) in [6, 6.07) is 4.37. The molecule has 0 radical (unpaired) electrons. The molecule has 0 bridgehead atoms. The Balaban J connectivity index is 2.05. The van der Waals surface area contributed by atoms with E-state index in [1.54, 1.807) is 4.90 Å². The summed E-state index contributed by atoms with van der Waals surface area (Å²) in [5.41, 5.74) is 3.67. The van der Waals surface area contributed by atoms with E-state index < -0.39 is 5.72 Å². The maximum Gasteiger partial charge on any atom is 0.165 e. The lowest BCUT2D eigenvalue weighted by Crippen LogP contribution is -2.47. The van der Waals surface area contributed by atoms with Crippen LogP contribution in [-0.2, 0) is 12.8 Å². The Morgan fingerprint density at radius 2 is 2.11 bits per heavy atom.